The maximum atomic E-state index is 11.8. The molecule has 1 saturated carbocycles. The average molecular weight is 224 g/mol. The van der Waals surface area contributed by atoms with E-state index in [4.69, 9.17) is 0 Å². The molecule has 0 saturated heterocycles. The summed E-state index contributed by atoms with van der Waals surface area (Å²) < 4.78 is 4.62. The highest BCUT2D eigenvalue weighted by Crippen LogP contribution is 2.27. The van der Waals surface area contributed by atoms with Gasteiger partial charge in [0.1, 0.15) is 6.26 Å². The Hall–Kier alpha value is -1.36. The van der Waals surface area contributed by atoms with E-state index >= 15 is 0 Å². The Morgan fingerprint density at radius 3 is 2.81 bits per heavy atom. The normalized spacial score (nSPS) is 19.3. The molecule has 0 aromatic carbocycles. The number of hydrogen-bond donors (Lipinski definition) is 2. The van der Waals surface area contributed by atoms with Crippen LogP contribution in [0, 0.1) is 0 Å². The molecule has 0 atom stereocenters. The predicted octanol–water partition coefficient (Wildman–Crippen LogP) is 1.10. The van der Waals surface area contributed by atoms with E-state index in [0.717, 1.165) is 25.7 Å². The van der Waals surface area contributed by atoms with Crippen LogP contribution in [0.2, 0.25) is 0 Å². The third-order valence-electron chi connectivity index (χ3n) is 3.16. The summed E-state index contributed by atoms with van der Waals surface area (Å²) in [7, 11) is 0. The van der Waals surface area contributed by atoms with Gasteiger partial charge in [-0.3, -0.25) is 4.79 Å². The van der Waals surface area contributed by atoms with Crippen molar-refractivity contribution >= 4 is 5.91 Å². The van der Waals surface area contributed by atoms with Gasteiger partial charge in [0, 0.05) is 6.07 Å². The number of nitrogens with one attached hydrogen (secondary N) is 1. The number of carbonyl (C=O) groups excluding carboxylic acids is 1. The molecule has 1 heterocycles. The first-order valence-electron chi connectivity index (χ1n) is 5.59. The monoisotopic (exact) mass is 224 g/mol. The highest BCUT2D eigenvalue weighted by Gasteiger charge is 2.33. The van der Waals surface area contributed by atoms with Gasteiger partial charge in [-0.2, -0.15) is 0 Å². The van der Waals surface area contributed by atoms with Crippen LogP contribution in [0.25, 0.3) is 0 Å². The van der Waals surface area contributed by atoms with Crippen LogP contribution in [0.15, 0.2) is 16.9 Å². The smallest absolute Gasteiger partial charge is 0.273 e. The van der Waals surface area contributed by atoms with Crippen molar-refractivity contribution in [3.05, 3.63) is 18.0 Å². The first kappa shape index (κ1) is 11.1. The van der Waals surface area contributed by atoms with Gasteiger partial charge in [0.2, 0.25) is 0 Å². The van der Waals surface area contributed by atoms with Crippen molar-refractivity contribution < 1.29 is 14.4 Å². The molecule has 0 aliphatic heterocycles. The summed E-state index contributed by atoms with van der Waals surface area (Å²) in [4.78, 5) is 11.8. The lowest BCUT2D eigenvalue weighted by Crippen LogP contribution is -2.52. The molecule has 16 heavy (non-hydrogen) atoms. The van der Waals surface area contributed by atoms with Gasteiger partial charge >= 0.3 is 0 Å². The van der Waals surface area contributed by atoms with Gasteiger partial charge in [-0.1, -0.05) is 24.4 Å². The van der Waals surface area contributed by atoms with E-state index in [1.165, 1.54) is 18.8 Å². The molecule has 1 aromatic rings. The Balaban J connectivity index is 2.03. The largest absolute Gasteiger partial charge is 0.394 e. The number of rotatable bonds is 3. The molecule has 0 radical (unpaired) electrons. The molecule has 0 bridgehead atoms. The second-order valence-corrected chi connectivity index (χ2v) is 4.34. The lowest BCUT2D eigenvalue weighted by molar-refractivity contribution is 0.0750. The number of amides is 1. The summed E-state index contributed by atoms with van der Waals surface area (Å²) in [5.41, 5.74) is -0.202. The molecule has 5 nitrogen and oxygen atoms in total. The molecule has 0 spiro atoms. The van der Waals surface area contributed by atoms with Crippen LogP contribution >= 0.6 is 0 Å². The zero-order chi connectivity index (χ0) is 11.4. The van der Waals surface area contributed by atoms with Crippen LogP contribution in [-0.2, 0) is 0 Å². The van der Waals surface area contributed by atoms with Gasteiger partial charge < -0.3 is 14.9 Å². The molecule has 2 N–H and O–H groups in total. The number of carbonyl (C=O) groups is 1. The summed E-state index contributed by atoms with van der Waals surface area (Å²) in [6.07, 6.45) is 6.27. The topological polar surface area (TPSA) is 75.4 Å². The van der Waals surface area contributed by atoms with Crippen molar-refractivity contribution in [3.63, 3.8) is 0 Å². The number of aliphatic hydroxyl groups excluding tert-OH is 1. The maximum Gasteiger partial charge on any atom is 0.273 e. The average Bonchev–Trinajstić information content (AvgIpc) is 2.84. The molecule has 1 aliphatic carbocycles. The second kappa shape index (κ2) is 4.65. The van der Waals surface area contributed by atoms with E-state index in [0.29, 0.717) is 0 Å². The van der Waals surface area contributed by atoms with Gasteiger partial charge in [-0.25, -0.2) is 0 Å². The minimum atomic E-state index is -0.464. The van der Waals surface area contributed by atoms with Crippen molar-refractivity contribution in [1.82, 2.24) is 10.5 Å². The van der Waals surface area contributed by atoms with Crippen LogP contribution in [0.4, 0.5) is 0 Å². The zero-order valence-electron chi connectivity index (χ0n) is 9.11. The molecular formula is C11H16N2O3. The Morgan fingerprint density at radius 1 is 1.50 bits per heavy atom. The Kier molecular flexibility index (Phi) is 3.24. The summed E-state index contributed by atoms with van der Waals surface area (Å²) in [5.74, 6) is -0.273. The van der Waals surface area contributed by atoms with Crippen molar-refractivity contribution in [2.24, 2.45) is 0 Å². The van der Waals surface area contributed by atoms with Gasteiger partial charge in [0.25, 0.3) is 5.91 Å². The van der Waals surface area contributed by atoms with Gasteiger partial charge in [-0.05, 0) is 12.8 Å². The van der Waals surface area contributed by atoms with Crippen LogP contribution in [-0.4, -0.2) is 28.3 Å². The first-order chi connectivity index (χ1) is 7.76. The van der Waals surface area contributed by atoms with Crippen molar-refractivity contribution in [3.8, 4) is 0 Å². The highest BCUT2D eigenvalue weighted by atomic mass is 16.5. The number of aromatic nitrogens is 1. The van der Waals surface area contributed by atoms with Crippen molar-refractivity contribution in [2.45, 2.75) is 37.6 Å². The Morgan fingerprint density at radius 2 is 2.25 bits per heavy atom. The molecule has 1 amide bonds. The highest BCUT2D eigenvalue weighted by molar-refractivity contribution is 5.92. The Bertz CT molecular complexity index is 342. The third kappa shape index (κ3) is 2.24. The molecule has 1 fully saturated rings. The number of nitrogens with zero attached hydrogens (tertiary/aromatic N) is 1. The summed E-state index contributed by atoms with van der Waals surface area (Å²) >= 11 is 0. The van der Waals surface area contributed by atoms with E-state index in [-0.39, 0.29) is 18.2 Å². The molecule has 1 aromatic heterocycles. The summed E-state index contributed by atoms with van der Waals surface area (Å²) in [6, 6.07) is 1.52. The molecule has 0 unspecified atom stereocenters. The van der Waals surface area contributed by atoms with Gasteiger partial charge in [-0.15, -0.1) is 0 Å². The van der Waals surface area contributed by atoms with Crippen LogP contribution in [0.1, 0.15) is 42.6 Å². The minimum absolute atomic E-state index is 0.0173. The fourth-order valence-corrected chi connectivity index (χ4v) is 2.19. The summed E-state index contributed by atoms with van der Waals surface area (Å²) in [5, 5.41) is 15.9. The second-order valence-electron chi connectivity index (χ2n) is 4.34. The third-order valence-corrected chi connectivity index (χ3v) is 3.16. The zero-order valence-corrected chi connectivity index (χ0v) is 9.11. The minimum Gasteiger partial charge on any atom is -0.394 e. The number of hydrogen-bond acceptors (Lipinski definition) is 4. The fraction of sp³-hybridized carbons (Fsp3) is 0.636. The van der Waals surface area contributed by atoms with Crippen LogP contribution in [0.5, 0.6) is 0 Å². The SMILES string of the molecule is O=C(NC1(CO)CCCCC1)c1ccon1. The van der Waals surface area contributed by atoms with Crippen LogP contribution < -0.4 is 5.32 Å². The van der Waals surface area contributed by atoms with Gasteiger partial charge in [0.15, 0.2) is 5.69 Å². The molecule has 1 aliphatic rings. The van der Waals surface area contributed by atoms with Gasteiger partial charge in [0.05, 0.1) is 12.1 Å². The van der Waals surface area contributed by atoms with Crippen LogP contribution in [0.3, 0.4) is 0 Å². The molecule has 2 rings (SSSR count). The Labute approximate surface area is 93.8 Å². The fourth-order valence-electron chi connectivity index (χ4n) is 2.19. The first-order valence-corrected chi connectivity index (χ1v) is 5.59. The number of aliphatic hydroxyl groups is 1. The quantitative estimate of drug-likeness (QED) is 0.806. The van der Waals surface area contributed by atoms with E-state index in [1.54, 1.807) is 0 Å². The molecule has 5 heteroatoms. The lowest BCUT2D eigenvalue weighted by Gasteiger charge is -2.36. The van der Waals surface area contributed by atoms with E-state index in [9.17, 15) is 9.90 Å². The molecule has 88 valence electrons. The molecular weight excluding hydrogens is 208 g/mol. The summed E-state index contributed by atoms with van der Waals surface area (Å²) in [6.45, 7) is -0.0173. The van der Waals surface area contributed by atoms with Crippen molar-refractivity contribution in [2.75, 3.05) is 6.61 Å². The standard InChI is InChI=1S/C11H16N2O3/c14-8-11(5-2-1-3-6-11)12-10(15)9-4-7-16-13-9/h4,7,14H,1-3,5-6,8H2,(H,12,15). The van der Waals surface area contributed by atoms with E-state index in [2.05, 4.69) is 15.0 Å². The van der Waals surface area contributed by atoms with Crippen molar-refractivity contribution in [1.29, 1.82) is 0 Å². The maximum absolute atomic E-state index is 11.8. The van der Waals surface area contributed by atoms with E-state index < -0.39 is 5.54 Å². The predicted molar refractivity (Wildman–Crippen MR) is 56.9 cm³/mol. The lowest BCUT2D eigenvalue weighted by atomic mass is 9.82. The van der Waals surface area contributed by atoms with E-state index in [1.807, 2.05) is 0 Å².